The Hall–Kier alpha value is -2.19. The second-order valence-electron chi connectivity index (χ2n) is 5.86. The average Bonchev–Trinajstić information content (AvgIpc) is 3.10. The van der Waals surface area contributed by atoms with E-state index in [0.29, 0.717) is 12.4 Å². The van der Waals surface area contributed by atoms with Gasteiger partial charge in [0.15, 0.2) is 0 Å². The highest BCUT2D eigenvalue weighted by atomic mass is 16.5. The molecule has 124 valence electrons. The highest BCUT2D eigenvalue weighted by Crippen LogP contribution is 2.10. The van der Waals surface area contributed by atoms with Crippen LogP contribution >= 0.6 is 0 Å². The van der Waals surface area contributed by atoms with Crippen molar-refractivity contribution in [1.29, 1.82) is 0 Å². The number of aromatic nitrogens is 2. The van der Waals surface area contributed by atoms with Gasteiger partial charge < -0.3 is 9.05 Å². The van der Waals surface area contributed by atoms with Crippen LogP contribution in [0.1, 0.15) is 17.1 Å². The van der Waals surface area contributed by atoms with Crippen LogP contribution in [0.4, 0.5) is 5.88 Å². The molecule has 1 aliphatic heterocycles. The van der Waals surface area contributed by atoms with Gasteiger partial charge in [0.25, 0.3) is 0 Å². The number of anilines is 1. The number of hydrogen-bond donors (Lipinski definition) is 1. The Bertz CT molecular complexity index is 658. The van der Waals surface area contributed by atoms with Gasteiger partial charge in [-0.25, -0.2) is 0 Å². The van der Waals surface area contributed by atoms with Gasteiger partial charge in [0.2, 0.25) is 11.8 Å². The van der Waals surface area contributed by atoms with Crippen molar-refractivity contribution in [3.8, 4) is 0 Å². The molecule has 0 aromatic carbocycles. The van der Waals surface area contributed by atoms with Gasteiger partial charge in [-0.15, -0.1) is 0 Å². The fourth-order valence-corrected chi connectivity index (χ4v) is 2.63. The van der Waals surface area contributed by atoms with Crippen LogP contribution < -0.4 is 5.32 Å². The molecule has 2 aromatic rings. The maximum absolute atomic E-state index is 12.0. The van der Waals surface area contributed by atoms with Gasteiger partial charge in [-0.2, -0.15) is 0 Å². The van der Waals surface area contributed by atoms with Crippen LogP contribution in [0.3, 0.4) is 0 Å². The normalized spacial score (nSPS) is 16.6. The summed E-state index contributed by atoms with van der Waals surface area (Å²) < 4.78 is 10.1. The molecule has 1 amide bonds. The Morgan fingerprint density at radius 2 is 1.87 bits per heavy atom. The van der Waals surface area contributed by atoms with Crippen LogP contribution in [0, 0.1) is 13.8 Å². The summed E-state index contributed by atoms with van der Waals surface area (Å²) in [6.45, 7) is 8.35. The summed E-state index contributed by atoms with van der Waals surface area (Å²) in [6, 6.07) is 3.66. The summed E-state index contributed by atoms with van der Waals surface area (Å²) in [5.41, 5.74) is 1.70. The molecule has 23 heavy (non-hydrogen) atoms. The Kier molecular flexibility index (Phi) is 4.73. The molecule has 3 heterocycles. The minimum atomic E-state index is -0.0817. The first kappa shape index (κ1) is 15.7. The van der Waals surface area contributed by atoms with Gasteiger partial charge in [0, 0.05) is 44.9 Å². The van der Waals surface area contributed by atoms with Gasteiger partial charge in [0.05, 0.1) is 17.9 Å². The summed E-state index contributed by atoms with van der Waals surface area (Å²) in [5, 5.41) is 10.5. The Labute approximate surface area is 134 Å². The lowest BCUT2D eigenvalue weighted by Crippen LogP contribution is -2.48. The van der Waals surface area contributed by atoms with E-state index in [-0.39, 0.29) is 5.91 Å². The third-order valence-corrected chi connectivity index (χ3v) is 3.79. The minimum absolute atomic E-state index is 0.0817. The van der Waals surface area contributed by atoms with Crippen molar-refractivity contribution in [2.24, 2.45) is 0 Å². The van der Waals surface area contributed by atoms with E-state index in [2.05, 4.69) is 25.4 Å². The highest BCUT2D eigenvalue weighted by Gasteiger charge is 2.20. The van der Waals surface area contributed by atoms with Crippen LogP contribution in [-0.4, -0.2) is 58.7 Å². The van der Waals surface area contributed by atoms with E-state index in [4.69, 9.17) is 9.05 Å². The van der Waals surface area contributed by atoms with Gasteiger partial charge >= 0.3 is 0 Å². The smallest absolute Gasteiger partial charge is 0.240 e. The lowest BCUT2D eigenvalue weighted by Gasteiger charge is -2.33. The summed E-state index contributed by atoms with van der Waals surface area (Å²) in [7, 11) is 0. The molecular formula is C15H21N5O3. The third-order valence-electron chi connectivity index (χ3n) is 3.79. The maximum Gasteiger partial charge on any atom is 0.240 e. The molecular weight excluding hydrogens is 298 g/mol. The van der Waals surface area contributed by atoms with Gasteiger partial charge in [-0.1, -0.05) is 10.3 Å². The fourth-order valence-electron chi connectivity index (χ4n) is 2.63. The van der Waals surface area contributed by atoms with E-state index in [0.717, 1.165) is 49.9 Å². The standard InChI is InChI=1S/C15H21N5O3/c1-11-7-15(23-17-11)16-14(21)10-20-5-3-19(4-6-20)9-13-8-12(2)22-18-13/h7-8H,3-6,9-10H2,1-2H3,(H,16,21). The monoisotopic (exact) mass is 319 g/mol. The Balaban J connectivity index is 1.41. The number of rotatable bonds is 5. The summed E-state index contributed by atoms with van der Waals surface area (Å²) in [4.78, 5) is 16.4. The van der Waals surface area contributed by atoms with Gasteiger partial charge in [-0.05, 0) is 13.8 Å². The van der Waals surface area contributed by atoms with Crippen LogP contribution in [0.15, 0.2) is 21.2 Å². The van der Waals surface area contributed by atoms with Crippen molar-refractivity contribution >= 4 is 11.8 Å². The average molecular weight is 319 g/mol. The Morgan fingerprint density at radius 3 is 2.48 bits per heavy atom. The van der Waals surface area contributed by atoms with Crippen molar-refractivity contribution in [3.63, 3.8) is 0 Å². The summed E-state index contributed by atoms with van der Waals surface area (Å²) >= 11 is 0. The molecule has 2 aromatic heterocycles. The fraction of sp³-hybridized carbons (Fsp3) is 0.533. The van der Waals surface area contributed by atoms with Crippen LogP contribution in [0.5, 0.6) is 0 Å². The van der Waals surface area contributed by atoms with E-state index in [1.54, 1.807) is 6.07 Å². The van der Waals surface area contributed by atoms with E-state index in [9.17, 15) is 4.79 Å². The number of amides is 1. The predicted molar refractivity (Wildman–Crippen MR) is 82.8 cm³/mol. The maximum atomic E-state index is 12.0. The van der Waals surface area contributed by atoms with Crippen molar-refractivity contribution in [2.75, 3.05) is 38.0 Å². The zero-order chi connectivity index (χ0) is 16.2. The van der Waals surface area contributed by atoms with Crippen LogP contribution in [-0.2, 0) is 11.3 Å². The van der Waals surface area contributed by atoms with E-state index in [1.807, 2.05) is 19.9 Å². The number of carbonyl (C=O) groups is 1. The first-order valence-electron chi connectivity index (χ1n) is 7.68. The number of nitrogens with one attached hydrogen (secondary N) is 1. The molecule has 1 fully saturated rings. The van der Waals surface area contributed by atoms with E-state index in [1.165, 1.54) is 0 Å². The zero-order valence-corrected chi connectivity index (χ0v) is 13.4. The molecule has 0 spiro atoms. The molecule has 0 aliphatic carbocycles. The molecule has 0 radical (unpaired) electrons. The Morgan fingerprint density at radius 1 is 1.13 bits per heavy atom. The second-order valence-corrected chi connectivity index (χ2v) is 5.86. The molecule has 0 saturated carbocycles. The molecule has 0 atom stereocenters. The largest absolute Gasteiger partial charge is 0.361 e. The SMILES string of the molecule is Cc1cc(NC(=O)CN2CCN(Cc3cc(C)on3)CC2)on1. The highest BCUT2D eigenvalue weighted by molar-refractivity contribution is 5.90. The molecule has 0 unspecified atom stereocenters. The zero-order valence-electron chi connectivity index (χ0n) is 13.4. The molecule has 8 nitrogen and oxygen atoms in total. The summed E-state index contributed by atoms with van der Waals surface area (Å²) in [6.07, 6.45) is 0. The van der Waals surface area contributed by atoms with Crippen molar-refractivity contribution in [3.05, 3.63) is 29.3 Å². The van der Waals surface area contributed by atoms with E-state index < -0.39 is 0 Å². The number of nitrogens with zero attached hydrogens (tertiary/aromatic N) is 4. The van der Waals surface area contributed by atoms with Crippen molar-refractivity contribution in [2.45, 2.75) is 20.4 Å². The number of hydrogen-bond acceptors (Lipinski definition) is 7. The second kappa shape index (κ2) is 6.93. The first-order valence-corrected chi connectivity index (χ1v) is 7.68. The number of carbonyl (C=O) groups excluding carboxylic acids is 1. The quantitative estimate of drug-likeness (QED) is 0.880. The minimum Gasteiger partial charge on any atom is -0.361 e. The summed E-state index contributed by atoms with van der Waals surface area (Å²) in [5.74, 6) is 1.15. The van der Waals surface area contributed by atoms with Gasteiger partial charge in [-0.3, -0.25) is 19.9 Å². The number of aryl methyl sites for hydroxylation is 2. The predicted octanol–water partition coefficient (Wildman–Crippen LogP) is 1.04. The van der Waals surface area contributed by atoms with Crippen molar-refractivity contribution in [1.82, 2.24) is 20.1 Å². The van der Waals surface area contributed by atoms with Crippen molar-refractivity contribution < 1.29 is 13.8 Å². The molecule has 1 saturated heterocycles. The van der Waals surface area contributed by atoms with Gasteiger partial charge in [0.1, 0.15) is 5.76 Å². The third kappa shape index (κ3) is 4.40. The molecule has 0 bridgehead atoms. The number of piperazine rings is 1. The molecule has 1 aliphatic rings. The lowest BCUT2D eigenvalue weighted by atomic mass is 10.2. The molecule has 8 heteroatoms. The van der Waals surface area contributed by atoms with Crippen LogP contribution in [0.2, 0.25) is 0 Å². The van der Waals surface area contributed by atoms with Crippen LogP contribution in [0.25, 0.3) is 0 Å². The first-order chi connectivity index (χ1) is 11.1. The van der Waals surface area contributed by atoms with E-state index >= 15 is 0 Å². The lowest BCUT2D eigenvalue weighted by molar-refractivity contribution is -0.117. The topological polar surface area (TPSA) is 87.6 Å². The molecule has 3 rings (SSSR count). The molecule has 1 N–H and O–H groups in total.